The first-order valence-electron chi connectivity index (χ1n) is 10.6. The number of aromatic nitrogens is 6. The van der Waals surface area contributed by atoms with Crippen molar-refractivity contribution in [1.82, 2.24) is 29.9 Å². The molecule has 6 heteroatoms. The number of H-pyrrole nitrogens is 3. The average molecular weight is 448 g/mol. The second-order valence-corrected chi connectivity index (χ2v) is 7.11. The summed E-state index contributed by atoms with van der Waals surface area (Å²) in [7, 11) is 0. The van der Waals surface area contributed by atoms with Crippen molar-refractivity contribution in [3.63, 3.8) is 0 Å². The normalized spacial score (nSPS) is 9.37. The van der Waals surface area contributed by atoms with Gasteiger partial charge in [0, 0.05) is 11.1 Å². The van der Waals surface area contributed by atoms with Crippen LogP contribution in [0.5, 0.6) is 0 Å². The topological polar surface area (TPSA) is 86.0 Å². The minimum Gasteiger partial charge on any atom is -0.337 e. The van der Waals surface area contributed by atoms with Crippen LogP contribution in [0.4, 0.5) is 0 Å². The Kier molecular flexibility index (Phi) is 6.22. The molecule has 6 nitrogen and oxygen atoms in total. The molecule has 0 saturated carbocycles. The number of imidazole rings is 3. The third-order valence-corrected chi connectivity index (χ3v) is 4.73. The molecule has 3 heterocycles. The van der Waals surface area contributed by atoms with E-state index >= 15 is 0 Å². The first kappa shape index (κ1) is 21.2. The van der Waals surface area contributed by atoms with E-state index in [2.05, 4.69) is 77.3 Å². The summed E-state index contributed by atoms with van der Waals surface area (Å²) in [6.07, 6.45) is 4.70. The van der Waals surface area contributed by atoms with Gasteiger partial charge >= 0.3 is 0 Å². The maximum absolute atomic E-state index is 4.28. The van der Waals surface area contributed by atoms with Crippen molar-refractivity contribution >= 4 is 0 Å². The molecule has 5 aromatic rings. The number of rotatable bonds is 0. The molecule has 0 aliphatic rings. The quantitative estimate of drug-likeness (QED) is 0.317. The van der Waals surface area contributed by atoms with Crippen LogP contribution in [-0.4, -0.2) is 29.9 Å². The molecule has 0 spiro atoms. The molecule has 35 heavy (non-hydrogen) atoms. The van der Waals surface area contributed by atoms with Crippen molar-refractivity contribution in [2.24, 2.45) is 0 Å². The van der Waals surface area contributed by atoms with E-state index < -0.39 is 0 Å². The van der Waals surface area contributed by atoms with E-state index in [-0.39, 0.29) is 0 Å². The molecule has 3 N–H and O–H groups in total. The maximum Gasteiger partial charge on any atom is 0.147 e. The van der Waals surface area contributed by atoms with Gasteiger partial charge in [0.2, 0.25) is 0 Å². The molecular weight excluding hydrogens is 432 g/mol. The Labute approximate surface area is 202 Å². The van der Waals surface area contributed by atoms with E-state index in [1.165, 1.54) is 0 Å². The molecule has 162 valence electrons. The maximum atomic E-state index is 4.28. The molecule has 2 aromatic carbocycles. The van der Waals surface area contributed by atoms with Crippen molar-refractivity contribution in [2.45, 2.75) is 0 Å². The first-order chi connectivity index (χ1) is 17.3. The Morgan fingerprint density at radius 1 is 0.400 bits per heavy atom. The fourth-order valence-corrected chi connectivity index (χ4v) is 3.01. The molecule has 0 saturated heterocycles. The van der Waals surface area contributed by atoms with Gasteiger partial charge in [-0.2, -0.15) is 0 Å². The minimum atomic E-state index is 0.519. The van der Waals surface area contributed by atoms with E-state index in [1.807, 2.05) is 60.7 Å². The molecule has 0 fully saturated rings. The number of hydrogen-bond donors (Lipinski definition) is 3. The Morgan fingerprint density at radius 3 is 1.14 bits per heavy atom. The SMILES string of the molecule is C(#Cc1nc[nH]c1C#Cc1nc[nH]c1C#Cc1[nH]cnc1C#Cc1ccccc1)c1ccccc1. The Hall–Kier alpha value is -5.69. The van der Waals surface area contributed by atoms with Gasteiger partial charge in [-0.15, -0.1) is 0 Å². The van der Waals surface area contributed by atoms with Crippen LogP contribution in [0.2, 0.25) is 0 Å². The van der Waals surface area contributed by atoms with Crippen LogP contribution in [0.15, 0.2) is 79.6 Å². The van der Waals surface area contributed by atoms with Crippen molar-refractivity contribution in [1.29, 1.82) is 0 Å². The molecule has 0 radical (unpaired) electrons. The van der Waals surface area contributed by atoms with Crippen LogP contribution in [0.1, 0.15) is 45.3 Å². The van der Waals surface area contributed by atoms with Crippen LogP contribution >= 0.6 is 0 Å². The van der Waals surface area contributed by atoms with Crippen LogP contribution < -0.4 is 0 Å². The van der Waals surface area contributed by atoms with Crippen LogP contribution in [0.3, 0.4) is 0 Å². The van der Waals surface area contributed by atoms with Gasteiger partial charge in [-0.1, -0.05) is 48.2 Å². The second-order valence-electron chi connectivity index (χ2n) is 7.11. The summed E-state index contributed by atoms with van der Waals surface area (Å²) in [4.78, 5) is 21.9. The predicted molar refractivity (Wildman–Crippen MR) is 133 cm³/mol. The molecule has 0 unspecified atom stereocenters. The van der Waals surface area contributed by atoms with Gasteiger partial charge in [0.1, 0.15) is 34.2 Å². The molecule has 0 amide bonds. The standard InChI is InChI=1S/C29H16N6/c1-3-7-22(8-4-1)11-13-24-26(32-19-30-24)15-17-28-29(35-21-34-28)18-16-27-25(31-20-33-27)14-12-23-9-5-2-6-10-23/h1-10,19-21H,(H,30,32)(H,31,33)(H,34,35). The van der Waals surface area contributed by atoms with Crippen LogP contribution in [-0.2, 0) is 0 Å². The zero-order valence-corrected chi connectivity index (χ0v) is 18.3. The summed E-state index contributed by atoms with van der Waals surface area (Å²) in [6, 6.07) is 19.4. The lowest BCUT2D eigenvalue weighted by Gasteiger charge is -1.88. The number of aromatic amines is 3. The summed E-state index contributed by atoms with van der Waals surface area (Å²) in [5, 5.41) is 0. The van der Waals surface area contributed by atoms with Crippen LogP contribution in [0.25, 0.3) is 0 Å². The van der Waals surface area contributed by atoms with Crippen molar-refractivity contribution in [3.05, 3.63) is 125 Å². The monoisotopic (exact) mass is 448 g/mol. The fourth-order valence-electron chi connectivity index (χ4n) is 3.01. The summed E-state index contributed by atoms with van der Waals surface area (Å²) >= 11 is 0. The van der Waals surface area contributed by atoms with Gasteiger partial charge < -0.3 is 15.0 Å². The van der Waals surface area contributed by atoms with E-state index in [4.69, 9.17) is 0 Å². The lowest BCUT2D eigenvalue weighted by molar-refractivity contribution is 1.29. The molecule has 5 rings (SSSR count). The van der Waals surface area contributed by atoms with Gasteiger partial charge in [0.25, 0.3) is 0 Å². The lowest BCUT2D eigenvalue weighted by Crippen LogP contribution is -1.86. The highest BCUT2D eigenvalue weighted by molar-refractivity contribution is 5.52. The van der Waals surface area contributed by atoms with Gasteiger partial charge in [-0.25, -0.2) is 15.0 Å². The van der Waals surface area contributed by atoms with Gasteiger partial charge in [-0.05, 0) is 59.8 Å². The largest absolute Gasteiger partial charge is 0.337 e. The molecule has 0 atom stereocenters. The minimum absolute atomic E-state index is 0.519. The zero-order chi connectivity index (χ0) is 23.7. The highest BCUT2D eigenvalue weighted by atomic mass is 14.9. The average Bonchev–Trinajstić information content (AvgIpc) is 3.66. The molecule has 0 bridgehead atoms. The zero-order valence-electron chi connectivity index (χ0n) is 18.3. The molecule has 3 aromatic heterocycles. The predicted octanol–water partition coefficient (Wildman–Crippen LogP) is 3.46. The molecule has 0 aliphatic heterocycles. The number of nitrogens with zero attached hydrogens (tertiary/aromatic N) is 3. The van der Waals surface area contributed by atoms with Gasteiger partial charge in [0.15, 0.2) is 0 Å². The summed E-state index contributed by atoms with van der Waals surface area (Å²) in [5.41, 5.74) is 5.31. The summed E-state index contributed by atoms with van der Waals surface area (Å²) < 4.78 is 0. The van der Waals surface area contributed by atoms with E-state index in [0.717, 1.165) is 11.1 Å². The molecule has 0 aliphatic carbocycles. The Balaban J connectivity index is 1.36. The van der Waals surface area contributed by atoms with Gasteiger partial charge in [-0.3, -0.25) is 0 Å². The highest BCUT2D eigenvalue weighted by Gasteiger charge is 2.03. The van der Waals surface area contributed by atoms with Crippen LogP contribution in [0, 0.1) is 47.4 Å². The molecular formula is C29H16N6. The summed E-state index contributed by atoms with van der Waals surface area (Å²) in [5.74, 6) is 24.5. The van der Waals surface area contributed by atoms with Crippen molar-refractivity contribution in [3.8, 4) is 47.4 Å². The Morgan fingerprint density at radius 2 is 0.743 bits per heavy atom. The smallest absolute Gasteiger partial charge is 0.147 e. The van der Waals surface area contributed by atoms with Crippen molar-refractivity contribution in [2.75, 3.05) is 0 Å². The third kappa shape index (κ3) is 5.39. The lowest BCUT2D eigenvalue weighted by atomic mass is 10.2. The van der Waals surface area contributed by atoms with E-state index in [0.29, 0.717) is 34.2 Å². The van der Waals surface area contributed by atoms with E-state index in [9.17, 15) is 0 Å². The van der Waals surface area contributed by atoms with Gasteiger partial charge in [0.05, 0.1) is 19.0 Å². The number of benzene rings is 2. The van der Waals surface area contributed by atoms with Crippen molar-refractivity contribution < 1.29 is 0 Å². The third-order valence-electron chi connectivity index (χ3n) is 4.73. The second kappa shape index (κ2) is 10.3. The summed E-state index contributed by atoms with van der Waals surface area (Å²) in [6.45, 7) is 0. The first-order valence-corrected chi connectivity index (χ1v) is 10.6. The highest BCUT2D eigenvalue weighted by Crippen LogP contribution is 2.05. The Bertz CT molecular complexity index is 1580. The van der Waals surface area contributed by atoms with E-state index in [1.54, 1.807) is 19.0 Å². The fraction of sp³-hybridized carbons (Fsp3) is 0. The number of hydrogen-bond acceptors (Lipinski definition) is 3. The number of nitrogens with one attached hydrogen (secondary N) is 3.